The Hall–Kier alpha value is -4.67. The van der Waals surface area contributed by atoms with Crippen LogP contribution in [0, 0.1) is 5.41 Å². The van der Waals surface area contributed by atoms with Gasteiger partial charge in [-0.3, -0.25) is 20.3 Å². The number of carbonyl (C=O) groups excluding carboxylic acids is 4. The van der Waals surface area contributed by atoms with E-state index in [1.54, 1.807) is 11.0 Å². The third-order valence-electron chi connectivity index (χ3n) is 6.50. The number of aromatic nitrogens is 1. The first-order chi connectivity index (χ1) is 18.9. The van der Waals surface area contributed by atoms with Gasteiger partial charge in [0.2, 0.25) is 5.91 Å². The Bertz CT molecular complexity index is 1290. The summed E-state index contributed by atoms with van der Waals surface area (Å²) in [6.45, 7) is 0.851. The zero-order valence-electron chi connectivity index (χ0n) is 21.4. The highest BCUT2D eigenvalue weighted by atomic mass is 16.5. The van der Waals surface area contributed by atoms with Gasteiger partial charge < -0.3 is 30.0 Å². The lowest BCUT2D eigenvalue weighted by atomic mass is 10.1. The van der Waals surface area contributed by atoms with E-state index in [-0.39, 0.29) is 24.4 Å². The van der Waals surface area contributed by atoms with Gasteiger partial charge in [-0.05, 0) is 43.4 Å². The molecule has 3 amide bonds. The van der Waals surface area contributed by atoms with E-state index >= 15 is 0 Å². The number of nitrogens with one attached hydrogen (secondary N) is 5. The number of fused-ring (bicyclic) bond motifs is 1. The molecule has 3 aromatic rings. The molecule has 0 aliphatic carbocycles. The molecule has 11 heteroatoms. The molecule has 204 valence electrons. The van der Waals surface area contributed by atoms with Gasteiger partial charge in [0.15, 0.2) is 5.96 Å². The summed E-state index contributed by atoms with van der Waals surface area (Å²) < 4.78 is 5.07. The first-order valence-electron chi connectivity index (χ1n) is 12.9. The minimum absolute atomic E-state index is 0.0897. The maximum absolute atomic E-state index is 13.1. The van der Waals surface area contributed by atoms with E-state index in [4.69, 9.17) is 10.1 Å². The molecule has 0 bridgehead atoms. The fourth-order valence-corrected chi connectivity index (χ4v) is 4.52. The van der Waals surface area contributed by atoms with Gasteiger partial charge in [-0.1, -0.05) is 48.5 Å². The average molecular weight is 533 g/mol. The van der Waals surface area contributed by atoms with Gasteiger partial charge in [-0.25, -0.2) is 4.79 Å². The molecule has 1 aliphatic rings. The minimum Gasteiger partial charge on any atom is -0.444 e. The third-order valence-corrected chi connectivity index (χ3v) is 6.50. The molecule has 4 rings (SSSR count). The van der Waals surface area contributed by atoms with Crippen molar-refractivity contribution < 1.29 is 23.9 Å². The number of guanidine groups is 1. The number of amides is 3. The number of carbonyl (C=O) groups is 4. The predicted octanol–water partition coefficient (Wildman–Crippen LogP) is 2.69. The largest absolute Gasteiger partial charge is 0.444 e. The van der Waals surface area contributed by atoms with Crippen LogP contribution in [0.25, 0.3) is 10.9 Å². The number of aromatic amines is 1. The van der Waals surface area contributed by atoms with Crippen LogP contribution < -0.4 is 16.0 Å². The van der Waals surface area contributed by atoms with E-state index in [0.717, 1.165) is 16.5 Å². The fourth-order valence-electron chi connectivity index (χ4n) is 4.52. The monoisotopic (exact) mass is 532 g/mol. The molecule has 2 aromatic carbocycles. The number of H-pyrrole nitrogens is 1. The molecule has 1 saturated heterocycles. The van der Waals surface area contributed by atoms with Gasteiger partial charge >= 0.3 is 6.09 Å². The topological polar surface area (TPSA) is 156 Å². The Balaban J connectivity index is 1.18. The summed E-state index contributed by atoms with van der Waals surface area (Å²) in [5.41, 5.74) is 2.11. The standard InChI is InChI=1S/C28H32N6O5/c29-27(33-28(38)39-18-19-8-2-1-3-9-19)30-14-6-11-21(17-35)31-25(36)24-13-7-15-34(24)26(37)23-16-20-10-4-5-12-22(20)32-23/h1-5,8-10,12,16-17,21,24,32H,6-7,11,13-15,18H2,(H,31,36)(H3,29,30,33,38)/t21-,24-/m0/s1. The van der Waals surface area contributed by atoms with Crippen LogP contribution in [0.15, 0.2) is 60.7 Å². The number of hydrogen-bond acceptors (Lipinski definition) is 6. The number of benzene rings is 2. The number of alkyl carbamates (subject to hydrolysis) is 1. The summed E-state index contributed by atoms with van der Waals surface area (Å²) in [6.07, 6.45) is 1.92. The van der Waals surface area contributed by atoms with Crippen molar-refractivity contribution in [2.24, 2.45) is 0 Å². The van der Waals surface area contributed by atoms with Crippen LogP contribution >= 0.6 is 0 Å². The number of likely N-dealkylation sites (tertiary alicyclic amines) is 1. The van der Waals surface area contributed by atoms with Crippen molar-refractivity contribution >= 4 is 41.1 Å². The molecule has 0 radical (unpaired) electrons. The van der Waals surface area contributed by atoms with Crippen LogP contribution in [-0.2, 0) is 20.9 Å². The number of hydrogen-bond donors (Lipinski definition) is 5. The van der Waals surface area contributed by atoms with Crippen molar-refractivity contribution in [3.8, 4) is 0 Å². The smallest absolute Gasteiger partial charge is 0.414 e. The second-order valence-corrected chi connectivity index (χ2v) is 9.31. The van der Waals surface area contributed by atoms with Gasteiger partial charge in [0.05, 0.1) is 6.04 Å². The number of para-hydroxylation sites is 1. The van der Waals surface area contributed by atoms with E-state index in [1.165, 1.54) is 0 Å². The maximum atomic E-state index is 13.1. The lowest BCUT2D eigenvalue weighted by Crippen LogP contribution is -2.49. The van der Waals surface area contributed by atoms with E-state index < -0.39 is 18.2 Å². The minimum atomic E-state index is -0.752. The third kappa shape index (κ3) is 7.44. The summed E-state index contributed by atoms with van der Waals surface area (Å²) in [6, 6.07) is 17.2. The summed E-state index contributed by atoms with van der Waals surface area (Å²) >= 11 is 0. The van der Waals surface area contributed by atoms with Gasteiger partial charge in [0, 0.05) is 24.0 Å². The van der Waals surface area contributed by atoms with E-state index in [9.17, 15) is 19.2 Å². The lowest BCUT2D eigenvalue weighted by molar-refractivity contribution is -0.127. The highest BCUT2D eigenvalue weighted by Gasteiger charge is 2.35. The van der Waals surface area contributed by atoms with Crippen molar-refractivity contribution in [1.29, 1.82) is 5.41 Å². The summed E-state index contributed by atoms with van der Waals surface area (Å²) in [4.78, 5) is 54.2. The van der Waals surface area contributed by atoms with E-state index in [2.05, 4.69) is 20.9 Å². The molecule has 1 fully saturated rings. The maximum Gasteiger partial charge on any atom is 0.414 e. The number of aldehydes is 1. The number of ether oxygens (including phenoxy) is 1. The molecule has 39 heavy (non-hydrogen) atoms. The van der Waals surface area contributed by atoms with Gasteiger partial charge in [-0.15, -0.1) is 0 Å². The molecule has 0 saturated carbocycles. The van der Waals surface area contributed by atoms with E-state index in [0.29, 0.717) is 50.8 Å². The van der Waals surface area contributed by atoms with Crippen molar-refractivity contribution in [3.05, 3.63) is 71.9 Å². The molecule has 2 atom stereocenters. The fraction of sp³-hybridized carbons (Fsp3) is 0.321. The summed E-state index contributed by atoms with van der Waals surface area (Å²) in [5.74, 6) is -0.835. The van der Waals surface area contributed by atoms with Crippen molar-refractivity contribution in [2.45, 2.75) is 44.4 Å². The lowest BCUT2D eigenvalue weighted by Gasteiger charge is -2.25. The Kier molecular flexibility index (Phi) is 9.28. The highest BCUT2D eigenvalue weighted by molar-refractivity contribution is 6.00. The van der Waals surface area contributed by atoms with Crippen molar-refractivity contribution in [1.82, 2.24) is 25.8 Å². The van der Waals surface area contributed by atoms with Crippen LogP contribution in [0.3, 0.4) is 0 Å². The summed E-state index contributed by atoms with van der Waals surface area (Å²) in [5, 5.41) is 16.5. The SMILES string of the molecule is N=C(NCCC[C@@H](C=O)NC(=O)[C@@H]1CCCN1C(=O)c1cc2ccccc2[nH]1)NC(=O)OCc1ccccc1. The normalized spacial score (nSPS) is 15.4. The first kappa shape index (κ1) is 27.4. The van der Waals surface area contributed by atoms with Crippen LogP contribution in [0.2, 0.25) is 0 Å². The van der Waals surface area contributed by atoms with Gasteiger partial charge in [-0.2, -0.15) is 0 Å². The second-order valence-electron chi connectivity index (χ2n) is 9.31. The Morgan fingerprint density at radius 2 is 1.90 bits per heavy atom. The highest BCUT2D eigenvalue weighted by Crippen LogP contribution is 2.22. The molecular weight excluding hydrogens is 500 g/mol. The summed E-state index contributed by atoms with van der Waals surface area (Å²) in [7, 11) is 0. The van der Waals surface area contributed by atoms with Gasteiger partial charge in [0.25, 0.3) is 5.91 Å². The average Bonchev–Trinajstić information content (AvgIpc) is 3.61. The van der Waals surface area contributed by atoms with E-state index in [1.807, 2.05) is 54.6 Å². The number of nitrogens with zero attached hydrogens (tertiary/aromatic N) is 1. The van der Waals surface area contributed by atoms with Crippen LogP contribution in [0.5, 0.6) is 0 Å². The zero-order chi connectivity index (χ0) is 27.6. The molecule has 1 aromatic heterocycles. The van der Waals surface area contributed by atoms with Crippen molar-refractivity contribution in [2.75, 3.05) is 13.1 Å². The Morgan fingerprint density at radius 1 is 1.13 bits per heavy atom. The molecule has 5 N–H and O–H groups in total. The Labute approximate surface area is 225 Å². The second kappa shape index (κ2) is 13.2. The number of rotatable bonds is 10. The predicted molar refractivity (Wildman–Crippen MR) is 145 cm³/mol. The molecule has 1 aliphatic heterocycles. The van der Waals surface area contributed by atoms with Gasteiger partial charge in [0.1, 0.15) is 24.6 Å². The molecule has 0 unspecified atom stereocenters. The molecule has 11 nitrogen and oxygen atoms in total. The molecule has 0 spiro atoms. The first-order valence-corrected chi connectivity index (χ1v) is 12.9. The Morgan fingerprint density at radius 3 is 2.67 bits per heavy atom. The van der Waals surface area contributed by atoms with Crippen molar-refractivity contribution in [3.63, 3.8) is 0 Å². The molecule has 2 heterocycles. The zero-order valence-corrected chi connectivity index (χ0v) is 21.4. The van der Waals surface area contributed by atoms with Crippen LogP contribution in [-0.4, -0.2) is 65.2 Å². The van der Waals surface area contributed by atoms with Crippen LogP contribution in [0.1, 0.15) is 41.7 Å². The quantitative estimate of drug-likeness (QED) is 0.117. The van der Waals surface area contributed by atoms with Crippen LogP contribution in [0.4, 0.5) is 4.79 Å². The molecular formula is C28H32N6O5.